The van der Waals surface area contributed by atoms with E-state index in [4.69, 9.17) is 10.3 Å². The van der Waals surface area contributed by atoms with Gasteiger partial charge in [0.2, 0.25) is 0 Å². The minimum Gasteiger partial charge on any atom is -0.435 e. The molecule has 0 amide bonds. The molecule has 4 rings (SSSR count). The molecule has 0 spiro atoms. The van der Waals surface area contributed by atoms with Crippen molar-refractivity contribution in [3.8, 4) is 23.0 Å². The van der Waals surface area contributed by atoms with Gasteiger partial charge in [-0.3, -0.25) is 0 Å². The number of nitrogens with zero attached hydrogens (tertiary/aromatic N) is 5. The molecule has 2 aromatic heterocycles. The van der Waals surface area contributed by atoms with E-state index in [9.17, 15) is 8.78 Å². The summed E-state index contributed by atoms with van der Waals surface area (Å²) in [6, 6.07) is 6.09. The lowest BCUT2D eigenvalue weighted by atomic mass is 9.99. The summed E-state index contributed by atoms with van der Waals surface area (Å²) in [5, 5.41) is 12.2. The molecule has 0 aliphatic heterocycles. The first-order valence-corrected chi connectivity index (χ1v) is 8.57. The maximum Gasteiger partial charge on any atom is 0.387 e. The van der Waals surface area contributed by atoms with Crippen LogP contribution in [0, 0.1) is 6.92 Å². The zero-order valence-electron chi connectivity index (χ0n) is 15.0. The van der Waals surface area contributed by atoms with Crippen molar-refractivity contribution in [3.63, 3.8) is 0 Å². The maximum atomic E-state index is 12.3. The standard InChI is InChI=1S/C17H18F2N6O2.ClH/c1-10-13(14-21-15(23-27-14)17(20)8-2-3-9-17)22-24-25(10)11-4-6-12(7-5-11)26-16(18)19;/h4-7,16H,2-3,8-9,20H2,1H3;1H. The second kappa shape index (κ2) is 7.80. The molecule has 0 unspecified atom stereocenters. The molecule has 2 N–H and O–H groups in total. The van der Waals surface area contributed by atoms with Gasteiger partial charge >= 0.3 is 6.61 Å². The molecule has 0 atom stereocenters. The van der Waals surface area contributed by atoms with Crippen LogP contribution in [0.1, 0.15) is 37.2 Å². The van der Waals surface area contributed by atoms with Crippen molar-refractivity contribution in [2.45, 2.75) is 44.8 Å². The molecule has 1 aromatic carbocycles. The van der Waals surface area contributed by atoms with Gasteiger partial charge < -0.3 is 15.0 Å². The topological polar surface area (TPSA) is 105 Å². The Morgan fingerprint density at radius 2 is 1.89 bits per heavy atom. The fourth-order valence-electron chi connectivity index (χ4n) is 3.29. The van der Waals surface area contributed by atoms with Gasteiger partial charge in [-0.2, -0.15) is 13.8 Å². The van der Waals surface area contributed by atoms with Crippen LogP contribution in [0.2, 0.25) is 0 Å². The van der Waals surface area contributed by atoms with Crippen LogP contribution in [0.5, 0.6) is 5.75 Å². The van der Waals surface area contributed by atoms with Crippen LogP contribution in [0.3, 0.4) is 0 Å². The van der Waals surface area contributed by atoms with Gasteiger partial charge in [0.25, 0.3) is 5.89 Å². The van der Waals surface area contributed by atoms with Crippen molar-refractivity contribution in [3.05, 3.63) is 35.8 Å². The van der Waals surface area contributed by atoms with Crippen LogP contribution in [-0.4, -0.2) is 31.7 Å². The molecule has 1 saturated carbocycles. The number of ether oxygens (including phenoxy) is 1. The quantitative estimate of drug-likeness (QED) is 0.684. The summed E-state index contributed by atoms with van der Waals surface area (Å²) in [4.78, 5) is 4.43. The van der Waals surface area contributed by atoms with Crippen molar-refractivity contribution >= 4 is 12.4 Å². The van der Waals surface area contributed by atoms with Gasteiger partial charge in [-0.25, -0.2) is 4.68 Å². The van der Waals surface area contributed by atoms with Gasteiger partial charge in [-0.15, -0.1) is 17.5 Å². The highest BCUT2D eigenvalue weighted by Gasteiger charge is 2.36. The first-order valence-electron chi connectivity index (χ1n) is 8.57. The van der Waals surface area contributed by atoms with Crippen LogP contribution in [0.25, 0.3) is 17.3 Å². The van der Waals surface area contributed by atoms with Gasteiger partial charge in [-0.1, -0.05) is 23.2 Å². The van der Waals surface area contributed by atoms with Crippen LogP contribution in [0.4, 0.5) is 8.78 Å². The summed E-state index contributed by atoms with van der Waals surface area (Å²) in [6.45, 7) is -1.07. The van der Waals surface area contributed by atoms with Gasteiger partial charge in [0, 0.05) is 0 Å². The minimum atomic E-state index is -2.87. The van der Waals surface area contributed by atoms with Crippen molar-refractivity contribution < 1.29 is 18.0 Å². The minimum absolute atomic E-state index is 0. The lowest BCUT2D eigenvalue weighted by molar-refractivity contribution is -0.0498. The summed E-state index contributed by atoms with van der Waals surface area (Å²) >= 11 is 0. The fraction of sp³-hybridized carbons (Fsp3) is 0.412. The zero-order valence-corrected chi connectivity index (χ0v) is 15.8. The Balaban J connectivity index is 0.00000225. The number of rotatable bonds is 5. The number of nitrogens with two attached hydrogens (primary N) is 1. The summed E-state index contributed by atoms with van der Waals surface area (Å²) < 4.78 is 35.8. The smallest absolute Gasteiger partial charge is 0.387 e. The van der Waals surface area contributed by atoms with E-state index in [0.29, 0.717) is 22.9 Å². The van der Waals surface area contributed by atoms with E-state index in [1.54, 1.807) is 23.7 Å². The Hall–Kier alpha value is -2.59. The highest BCUT2D eigenvalue weighted by atomic mass is 35.5. The summed E-state index contributed by atoms with van der Waals surface area (Å²) in [6.07, 6.45) is 3.73. The van der Waals surface area contributed by atoms with Gasteiger partial charge in [0.1, 0.15) is 5.75 Å². The molecule has 8 nitrogen and oxygen atoms in total. The second-order valence-corrected chi connectivity index (χ2v) is 6.59. The first kappa shape index (κ1) is 20.2. The van der Waals surface area contributed by atoms with E-state index < -0.39 is 12.2 Å². The lowest BCUT2D eigenvalue weighted by Gasteiger charge is -2.17. The molecule has 150 valence electrons. The first-order chi connectivity index (χ1) is 13.0. The van der Waals surface area contributed by atoms with E-state index in [0.717, 1.165) is 25.7 Å². The molecule has 1 fully saturated rings. The highest BCUT2D eigenvalue weighted by molar-refractivity contribution is 5.85. The number of aromatic nitrogens is 5. The van der Waals surface area contributed by atoms with Crippen LogP contribution in [0.15, 0.2) is 28.8 Å². The number of hydrogen-bond donors (Lipinski definition) is 1. The van der Waals surface area contributed by atoms with Crippen LogP contribution in [-0.2, 0) is 5.54 Å². The van der Waals surface area contributed by atoms with E-state index >= 15 is 0 Å². The normalized spacial score (nSPS) is 15.6. The van der Waals surface area contributed by atoms with Gasteiger partial charge in [-0.05, 0) is 44.0 Å². The Morgan fingerprint density at radius 3 is 2.54 bits per heavy atom. The number of hydrogen-bond acceptors (Lipinski definition) is 7. The molecule has 1 aliphatic rings. The van der Waals surface area contributed by atoms with Gasteiger partial charge in [0.15, 0.2) is 11.5 Å². The monoisotopic (exact) mass is 412 g/mol. The SMILES string of the molecule is Cc1c(-c2nc(C3(N)CCCC3)no2)nnn1-c1ccc(OC(F)F)cc1.Cl. The average molecular weight is 413 g/mol. The van der Waals surface area contributed by atoms with Crippen LogP contribution >= 0.6 is 12.4 Å². The largest absolute Gasteiger partial charge is 0.435 e. The Bertz CT molecular complexity index is 938. The second-order valence-electron chi connectivity index (χ2n) is 6.59. The Morgan fingerprint density at radius 1 is 1.21 bits per heavy atom. The lowest BCUT2D eigenvalue weighted by Crippen LogP contribution is -2.34. The van der Waals surface area contributed by atoms with E-state index in [2.05, 4.69) is 25.2 Å². The summed E-state index contributed by atoms with van der Waals surface area (Å²) in [7, 11) is 0. The predicted octanol–water partition coefficient (Wildman–Crippen LogP) is 3.38. The Labute approximate surface area is 165 Å². The third-order valence-electron chi connectivity index (χ3n) is 4.77. The number of alkyl halides is 2. The van der Waals surface area contributed by atoms with Crippen LogP contribution < -0.4 is 10.5 Å². The molecule has 0 saturated heterocycles. The third kappa shape index (κ3) is 3.69. The molecule has 0 bridgehead atoms. The Kier molecular flexibility index (Phi) is 5.61. The molecular formula is C17H19ClF2N6O2. The molecule has 3 aromatic rings. The molecule has 11 heteroatoms. The summed E-state index contributed by atoms with van der Waals surface area (Å²) in [5.41, 5.74) is 7.57. The molecule has 2 heterocycles. The predicted molar refractivity (Wildman–Crippen MR) is 97.6 cm³/mol. The van der Waals surface area contributed by atoms with Crippen molar-refractivity contribution in [1.82, 2.24) is 25.1 Å². The summed E-state index contributed by atoms with van der Waals surface area (Å²) in [5.74, 6) is 0.804. The molecule has 0 radical (unpaired) electrons. The fourth-order valence-corrected chi connectivity index (χ4v) is 3.29. The molecular weight excluding hydrogens is 394 g/mol. The van der Waals surface area contributed by atoms with Crippen molar-refractivity contribution in [2.24, 2.45) is 5.73 Å². The average Bonchev–Trinajstić information content (AvgIpc) is 3.35. The van der Waals surface area contributed by atoms with E-state index in [1.807, 2.05) is 0 Å². The van der Waals surface area contributed by atoms with E-state index in [1.165, 1.54) is 12.1 Å². The highest BCUT2D eigenvalue weighted by Crippen LogP contribution is 2.35. The van der Waals surface area contributed by atoms with Gasteiger partial charge in [0.05, 0.1) is 16.9 Å². The number of benzene rings is 1. The molecule has 28 heavy (non-hydrogen) atoms. The number of halogens is 3. The zero-order chi connectivity index (χ0) is 19.0. The van der Waals surface area contributed by atoms with Crippen molar-refractivity contribution in [1.29, 1.82) is 0 Å². The van der Waals surface area contributed by atoms with E-state index in [-0.39, 0.29) is 24.0 Å². The molecule has 1 aliphatic carbocycles. The maximum absolute atomic E-state index is 12.3. The third-order valence-corrected chi connectivity index (χ3v) is 4.77. The van der Waals surface area contributed by atoms with Crippen molar-refractivity contribution in [2.75, 3.05) is 0 Å².